The number of amides is 1. The standard InChI is InChI=1S/C16H17NO4/c1-20-14-5-3-4-13(15(14)21-2)16(19)17-12-8-6-11(10-18)7-9-12/h3-9,18H,10H2,1-2H3,(H,17,19). The first-order valence-corrected chi connectivity index (χ1v) is 6.41. The molecule has 0 unspecified atom stereocenters. The van der Waals surface area contributed by atoms with Crippen molar-refractivity contribution in [1.29, 1.82) is 0 Å². The van der Waals surface area contributed by atoms with Crippen LogP contribution in [0.4, 0.5) is 5.69 Å². The third-order valence-corrected chi connectivity index (χ3v) is 3.04. The number of hydrogen-bond acceptors (Lipinski definition) is 4. The van der Waals surface area contributed by atoms with Crippen LogP contribution in [-0.2, 0) is 6.61 Å². The van der Waals surface area contributed by atoms with Gasteiger partial charge in [0.15, 0.2) is 11.5 Å². The number of para-hydroxylation sites is 1. The van der Waals surface area contributed by atoms with Gasteiger partial charge in [0.2, 0.25) is 0 Å². The summed E-state index contributed by atoms with van der Waals surface area (Å²) in [5.74, 6) is 0.604. The summed E-state index contributed by atoms with van der Waals surface area (Å²) in [6.07, 6.45) is 0. The molecular weight excluding hydrogens is 270 g/mol. The maximum absolute atomic E-state index is 12.3. The summed E-state index contributed by atoms with van der Waals surface area (Å²) in [5.41, 5.74) is 1.82. The van der Waals surface area contributed by atoms with Crippen LogP contribution in [0.1, 0.15) is 15.9 Å². The molecule has 2 aromatic rings. The molecule has 5 nitrogen and oxygen atoms in total. The smallest absolute Gasteiger partial charge is 0.259 e. The minimum absolute atomic E-state index is 0.0298. The van der Waals surface area contributed by atoms with Crippen LogP contribution in [0.25, 0.3) is 0 Å². The molecule has 0 bridgehead atoms. The summed E-state index contributed by atoms with van der Waals surface area (Å²) in [4.78, 5) is 12.3. The molecule has 0 aliphatic heterocycles. The van der Waals surface area contributed by atoms with Crippen LogP contribution < -0.4 is 14.8 Å². The number of ether oxygens (including phenoxy) is 2. The van der Waals surface area contributed by atoms with E-state index in [-0.39, 0.29) is 12.5 Å². The van der Waals surface area contributed by atoms with Gasteiger partial charge in [-0.3, -0.25) is 4.79 Å². The molecule has 0 heterocycles. The van der Waals surface area contributed by atoms with Gasteiger partial charge in [-0.15, -0.1) is 0 Å². The Morgan fingerprint density at radius 3 is 2.38 bits per heavy atom. The van der Waals surface area contributed by atoms with Gasteiger partial charge < -0.3 is 19.9 Å². The van der Waals surface area contributed by atoms with E-state index in [9.17, 15) is 4.79 Å². The third kappa shape index (κ3) is 3.32. The molecule has 0 fully saturated rings. The predicted octanol–water partition coefficient (Wildman–Crippen LogP) is 2.45. The second kappa shape index (κ2) is 6.76. The number of benzene rings is 2. The summed E-state index contributed by atoms with van der Waals surface area (Å²) < 4.78 is 10.4. The number of aliphatic hydroxyl groups excluding tert-OH is 1. The van der Waals surface area contributed by atoms with Crippen molar-refractivity contribution in [3.63, 3.8) is 0 Å². The SMILES string of the molecule is COc1cccc(C(=O)Nc2ccc(CO)cc2)c1OC. The Hall–Kier alpha value is -2.53. The Kier molecular flexibility index (Phi) is 4.79. The van der Waals surface area contributed by atoms with Gasteiger partial charge in [0.05, 0.1) is 26.4 Å². The summed E-state index contributed by atoms with van der Waals surface area (Å²) in [7, 11) is 3.01. The fourth-order valence-corrected chi connectivity index (χ4v) is 1.96. The molecule has 110 valence electrons. The molecule has 0 radical (unpaired) electrons. The molecule has 0 atom stereocenters. The Morgan fingerprint density at radius 1 is 1.10 bits per heavy atom. The highest BCUT2D eigenvalue weighted by Crippen LogP contribution is 2.31. The van der Waals surface area contributed by atoms with E-state index in [1.807, 2.05) is 0 Å². The van der Waals surface area contributed by atoms with Gasteiger partial charge >= 0.3 is 0 Å². The van der Waals surface area contributed by atoms with Gasteiger partial charge in [0.1, 0.15) is 0 Å². The van der Waals surface area contributed by atoms with Gasteiger partial charge in [-0.05, 0) is 29.8 Å². The van der Waals surface area contributed by atoms with E-state index in [1.165, 1.54) is 14.2 Å². The van der Waals surface area contributed by atoms with Crippen LogP contribution in [0.3, 0.4) is 0 Å². The van der Waals surface area contributed by atoms with Crippen molar-refractivity contribution < 1.29 is 19.4 Å². The van der Waals surface area contributed by atoms with Crippen molar-refractivity contribution in [2.75, 3.05) is 19.5 Å². The second-order valence-electron chi connectivity index (χ2n) is 4.35. The summed E-state index contributed by atoms with van der Waals surface area (Å²) in [6.45, 7) is -0.0298. The lowest BCUT2D eigenvalue weighted by Crippen LogP contribution is -2.13. The monoisotopic (exact) mass is 287 g/mol. The van der Waals surface area contributed by atoms with Crippen molar-refractivity contribution >= 4 is 11.6 Å². The van der Waals surface area contributed by atoms with Gasteiger partial charge in [0.25, 0.3) is 5.91 Å². The van der Waals surface area contributed by atoms with Crippen LogP contribution in [0.5, 0.6) is 11.5 Å². The lowest BCUT2D eigenvalue weighted by Gasteiger charge is -2.12. The largest absolute Gasteiger partial charge is 0.493 e. The zero-order valence-electron chi connectivity index (χ0n) is 11.9. The Bertz CT molecular complexity index is 623. The van der Waals surface area contributed by atoms with Crippen LogP contribution >= 0.6 is 0 Å². The lowest BCUT2D eigenvalue weighted by atomic mass is 10.1. The Morgan fingerprint density at radius 2 is 1.81 bits per heavy atom. The molecule has 5 heteroatoms. The molecule has 2 N–H and O–H groups in total. The summed E-state index contributed by atoms with van der Waals surface area (Å²) in [5, 5.41) is 11.8. The first kappa shape index (κ1) is 14.9. The van der Waals surface area contributed by atoms with E-state index < -0.39 is 0 Å². The van der Waals surface area contributed by atoms with E-state index in [0.29, 0.717) is 22.7 Å². The molecule has 0 aliphatic rings. The Balaban J connectivity index is 2.23. The number of aliphatic hydroxyl groups is 1. The van der Waals surface area contributed by atoms with Crippen molar-refractivity contribution in [2.24, 2.45) is 0 Å². The first-order valence-electron chi connectivity index (χ1n) is 6.41. The highest BCUT2D eigenvalue weighted by atomic mass is 16.5. The molecule has 0 saturated carbocycles. The number of nitrogens with one attached hydrogen (secondary N) is 1. The van der Waals surface area contributed by atoms with Crippen LogP contribution in [0, 0.1) is 0 Å². The van der Waals surface area contributed by atoms with Gasteiger partial charge in [-0.2, -0.15) is 0 Å². The maximum Gasteiger partial charge on any atom is 0.259 e. The highest BCUT2D eigenvalue weighted by molar-refractivity contribution is 6.06. The molecule has 0 spiro atoms. The second-order valence-corrected chi connectivity index (χ2v) is 4.35. The molecule has 2 aromatic carbocycles. The number of anilines is 1. The van der Waals surface area contributed by atoms with Crippen LogP contribution in [0.15, 0.2) is 42.5 Å². The van der Waals surface area contributed by atoms with Crippen molar-refractivity contribution in [1.82, 2.24) is 0 Å². The van der Waals surface area contributed by atoms with E-state index >= 15 is 0 Å². The van der Waals surface area contributed by atoms with Crippen molar-refractivity contribution in [3.05, 3.63) is 53.6 Å². The average Bonchev–Trinajstić information content (AvgIpc) is 2.54. The first-order chi connectivity index (χ1) is 10.2. The van der Waals surface area contributed by atoms with Crippen LogP contribution in [0.2, 0.25) is 0 Å². The van der Waals surface area contributed by atoms with E-state index in [4.69, 9.17) is 14.6 Å². The lowest BCUT2D eigenvalue weighted by molar-refractivity contribution is 0.102. The Labute approximate surface area is 123 Å². The van der Waals surface area contributed by atoms with Crippen molar-refractivity contribution in [2.45, 2.75) is 6.61 Å². The molecule has 0 aromatic heterocycles. The molecular formula is C16H17NO4. The average molecular weight is 287 g/mol. The van der Waals surface area contributed by atoms with E-state index in [1.54, 1.807) is 42.5 Å². The molecule has 0 aliphatic carbocycles. The van der Waals surface area contributed by atoms with Gasteiger partial charge in [-0.25, -0.2) is 0 Å². The molecule has 2 rings (SSSR count). The molecule has 0 saturated heterocycles. The van der Waals surface area contributed by atoms with E-state index in [0.717, 1.165) is 5.56 Å². The zero-order chi connectivity index (χ0) is 15.2. The van der Waals surface area contributed by atoms with Crippen molar-refractivity contribution in [3.8, 4) is 11.5 Å². The summed E-state index contributed by atoms with van der Waals surface area (Å²) in [6, 6.07) is 12.1. The molecule has 21 heavy (non-hydrogen) atoms. The third-order valence-electron chi connectivity index (χ3n) is 3.04. The fraction of sp³-hybridized carbons (Fsp3) is 0.188. The zero-order valence-corrected chi connectivity index (χ0v) is 11.9. The fourth-order valence-electron chi connectivity index (χ4n) is 1.96. The highest BCUT2D eigenvalue weighted by Gasteiger charge is 2.16. The number of methoxy groups -OCH3 is 2. The van der Waals surface area contributed by atoms with Gasteiger partial charge in [-0.1, -0.05) is 18.2 Å². The summed E-state index contributed by atoms with van der Waals surface area (Å²) >= 11 is 0. The molecule has 1 amide bonds. The van der Waals surface area contributed by atoms with E-state index in [2.05, 4.69) is 5.32 Å². The predicted molar refractivity (Wildman–Crippen MR) is 79.9 cm³/mol. The number of hydrogen-bond donors (Lipinski definition) is 2. The number of carbonyl (C=O) groups is 1. The topological polar surface area (TPSA) is 67.8 Å². The normalized spacial score (nSPS) is 10.0. The van der Waals surface area contributed by atoms with Gasteiger partial charge in [0, 0.05) is 5.69 Å². The number of carbonyl (C=O) groups excluding carboxylic acids is 1. The quantitative estimate of drug-likeness (QED) is 0.886. The minimum atomic E-state index is -0.289. The maximum atomic E-state index is 12.3. The number of rotatable bonds is 5. The minimum Gasteiger partial charge on any atom is -0.493 e. The van der Waals surface area contributed by atoms with Crippen LogP contribution in [-0.4, -0.2) is 25.2 Å².